The Morgan fingerprint density at radius 3 is 0.838 bits per heavy atom. The summed E-state index contributed by atoms with van der Waals surface area (Å²) in [7, 11) is 0. The molecule has 0 heterocycles. The maximum absolute atomic E-state index is 12.9. The zero-order valence-electron chi connectivity index (χ0n) is 53.6. The van der Waals surface area contributed by atoms with Crippen molar-refractivity contribution in [3.63, 3.8) is 0 Å². The van der Waals surface area contributed by atoms with Gasteiger partial charge in [0.1, 0.15) is 13.2 Å². The van der Waals surface area contributed by atoms with Crippen molar-refractivity contribution in [2.24, 2.45) is 0 Å². The first kappa shape index (κ1) is 77.1. The van der Waals surface area contributed by atoms with Crippen molar-refractivity contribution in [3.05, 3.63) is 60.8 Å². The molecular weight excluding hydrogens is 985 g/mol. The van der Waals surface area contributed by atoms with E-state index in [1.165, 1.54) is 263 Å². The average molecular weight is 1120 g/mol. The molecule has 0 rings (SSSR count). The van der Waals surface area contributed by atoms with Crippen molar-refractivity contribution in [3.8, 4) is 0 Å². The monoisotopic (exact) mass is 1120 g/mol. The lowest BCUT2D eigenvalue weighted by atomic mass is 10.0. The fourth-order valence-electron chi connectivity index (χ4n) is 10.5. The van der Waals surface area contributed by atoms with E-state index in [0.29, 0.717) is 19.3 Å². The van der Waals surface area contributed by atoms with Gasteiger partial charge in [-0.05, 0) is 70.6 Å². The van der Waals surface area contributed by atoms with Gasteiger partial charge in [0.15, 0.2) is 6.10 Å². The molecule has 0 aromatic carbocycles. The quantitative estimate of drug-likeness (QED) is 0.0261. The molecule has 0 N–H and O–H groups in total. The second-order valence-corrected chi connectivity index (χ2v) is 23.8. The number of hydrogen-bond donors (Lipinski definition) is 0. The molecule has 0 aliphatic heterocycles. The van der Waals surface area contributed by atoms with Crippen LogP contribution in [0.15, 0.2) is 60.8 Å². The van der Waals surface area contributed by atoms with Crippen molar-refractivity contribution >= 4 is 17.9 Å². The Hall–Kier alpha value is -2.89. The highest BCUT2D eigenvalue weighted by atomic mass is 16.6. The molecule has 0 aromatic heterocycles. The van der Waals surface area contributed by atoms with Crippen LogP contribution < -0.4 is 0 Å². The maximum Gasteiger partial charge on any atom is 0.306 e. The van der Waals surface area contributed by atoms with Gasteiger partial charge in [-0.2, -0.15) is 0 Å². The summed E-state index contributed by atoms with van der Waals surface area (Å²) < 4.78 is 16.9. The zero-order valence-corrected chi connectivity index (χ0v) is 53.6. The molecule has 0 fully saturated rings. The van der Waals surface area contributed by atoms with Gasteiger partial charge in [-0.3, -0.25) is 14.4 Å². The second kappa shape index (κ2) is 68.6. The Balaban J connectivity index is 4.18. The molecule has 0 aliphatic carbocycles. The topological polar surface area (TPSA) is 78.9 Å². The van der Waals surface area contributed by atoms with Crippen LogP contribution in [0.3, 0.4) is 0 Å². The van der Waals surface area contributed by atoms with E-state index in [1.807, 2.05) is 6.08 Å². The highest BCUT2D eigenvalue weighted by molar-refractivity contribution is 5.71. The number of esters is 3. The summed E-state index contributed by atoms with van der Waals surface area (Å²) in [5, 5.41) is 0. The van der Waals surface area contributed by atoms with Crippen LogP contribution in [0.2, 0.25) is 0 Å². The van der Waals surface area contributed by atoms with E-state index in [1.54, 1.807) is 0 Å². The van der Waals surface area contributed by atoms with E-state index >= 15 is 0 Å². The predicted octanol–water partition coefficient (Wildman–Crippen LogP) is 24.3. The Kier molecular flexibility index (Phi) is 66.1. The molecule has 1 unspecified atom stereocenters. The first-order valence-electron chi connectivity index (χ1n) is 35.3. The van der Waals surface area contributed by atoms with Crippen molar-refractivity contribution < 1.29 is 28.6 Å². The summed E-state index contributed by atoms with van der Waals surface area (Å²) in [5.41, 5.74) is 0. The minimum atomic E-state index is -0.801. The molecular formula is C74H134O6. The van der Waals surface area contributed by atoms with Gasteiger partial charge in [0, 0.05) is 19.3 Å². The van der Waals surface area contributed by atoms with Gasteiger partial charge in [-0.1, -0.05) is 345 Å². The van der Waals surface area contributed by atoms with Crippen LogP contribution >= 0.6 is 0 Å². The van der Waals surface area contributed by atoms with Crippen molar-refractivity contribution in [1.29, 1.82) is 0 Å². The van der Waals surface area contributed by atoms with Gasteiger partial charge < -0.3 is 14.2 Å². The Morgan fingerprint density at radius 2 is 0.512 bits per heavy atom. The Bertz CT molecular complexity index is 1430. The standard InChI is InChI=1S/C74H134O6/c1-4-7-10-13-16-19-22-25-27-29-31-32-33-34-35-36-37-38-39-40-41-42-43-45-46-49-52-55-58-61-64-67-73(76)79-70-71(69-78-72(75)66-63-60-57-54-51-48-24-21-18-15-12-9-6-3)80-74(77)68-65-62-59-56-53-50-47-44-30-28-26-23-20-17-14-11-8-5-2/h9,12,18,21,29,31,48,51,57,60,71H,4-8,10-11,13-17,19-20,22-28,30,32-47,49-50,52-56,58-59,61-70H2,1-3H3/b12-9-,21-18-,31-29-,51-48-,60-57-. The smallest absolute Gasteiger partial charge is 0.306 e. The molecule has 0 saturated heterocycles. The number of allylic oxidation sites excluding steroid dienone is 10. The minimum Gasteiger partial charge on any atom is -0.462 e. The molecule has 0 amide bonds. The number of rotatable bonds is 65. The van der Waals surface area contributed by atoms with E-state index in [4.69, 9.17) is 14.2 Å². The third kappa shape index (κ3) is 65.9. The molecule has 80 heavy (non-hydrogen) atoms. The molecule has 0 radical (unpaired) electrons. The highest BCUT2D eigenvalue weighted by Crippen LogP contribution is 2.18. The lowest BCUT2D eigenvalue weighted by Gasteiger charge is -2.18. The summed E-state index contributed by atoms with van der Waals surface area (Å²) in [4.78, 5) is 38.3. The average Bonchev–Trinajstić information content (AvgIpc) is 3.46. The largest absolute Gasteiger partial charge is 0.462 e. The van der Waals surface area contributed by atoms with Crippen molar-refractivity contribution in [1.82, 2.24) is 0 Å². The van der Waals surface area contributed by atoms with E-state index in [9.17, 15) is 14.4 Å². The van der Waals surface area contributed by atoms with E-state index < -0.39 is 6.10 Å². The maximum atomic E-state index is 12.9. The van der Waals surface area contributed by atoms with E-state index in [0.717, 1.165) is 64.2 Å². The lowest BCUT2D eigenvalue weighted by molar-refractivity contribution is -0.166. The zero-order chi connectivity index (χ0) is 57.8. The Labute approximate surface area is 498 Å². The number of ether oxygens (including phenoxy) is 3. The van der Waals surface area contributed by atoms with Crippen LogP contribution in [0.5, 0.6) is 0 Å². The van der Waals surface area contributed by atoms with Crippen LogP contribution in [0.4, 0.5) is 0 Å². The summed E-state index contributed by atoms with van der Waals surface area (Å²) >= 11 is 0. The van der Waals surface area contributed by atoms with E-state index in [-0.39, 0.29) is 37.5 Å². The molecule has 0 saturated carbocycles. The molecule has 0 bridgehead atoms. The number of hydrogen-bond acceptors (Lipinski definition) is 6. The summed E-state index contributed by atoms with van der Waals surface area (Å²) in [6.45, 7) is 6.52. The van der Waals surface area contributed by atoms with Crippen LogP contribution in [0.1, 0.15) is 374 Å². The first-order valence-corrected chi connectivity index (χ1v) is 35.3. The summed E-state index contributed by atoms with van der Waals surface area (Å²) in [6, 6.07) is 0. The predicted molar refractivity (Wildman–Crippen MR) is 348 cm³/mol. The number of carbonyl (C=O) groups is 3. The Morgan fingerprint density at radius 1 is 0.263 bits per heavy atom. The van der Waals surface area contributed by atoms with Gasteiger partial charge >= 0.3 is 17.9 Å². The summed E-state index contributed by atoms with van der Waals surface area (Å²) in [6.07, 6.45) is 88.6. The normalized spacial score (nSPS) is 12.4. The van der Waals surface area contributed by atoms with Gasteiger partial charge in [0.25, 0.3) is 0 Å². The van der Waals surface area contributed by atoms with Crippen LogP contribution in [0.25, 0.3) is 0 Å². The van der Waals surface area contributed by atoms with Gasteiger partial charge in [0.2, 0.25) is 0 Å². The van der Waals surface area contributed by atoms with Crippen LogP contribution in [-0.2, 0) is 28.6 Å². The number of carbonyl (C=O) groups excluding carboxylic acids is 3. The van der Waals surface area contributed by atoms with Crippen molar-refractivity contribution in [2.75, 3.05) is 13.2 Å². The molecule has 0 aromatic rings. The minimum absolute atomic E-state index is 0.0914. The second-order valence-electron chi connectivity index (χ2n) is 23.8. The third-order valence-electron chi connectivity index (χ3n) is 15.8. The third-order valence-corrected chi connectivity index (χ3v) is 15.8. The van der Waals surface area contributed by atoms with Crippen LogP contribution in [-0.4, -0.2) is 37.2 Å². The molecule has 6 heteroatoms. The fraction of sp³-hybridized carbons (Fsp3) is 0.824. The lowest BCUT2D eigenvalue weighted by Crippen LogP contribution is -2.30. The number of unbranched alkanes of at least 4 members (excludes halogenated alkanes) is 44. The molecule has 6 nitrogen and oxygen atoms in total. The van der Waals surface area contributed by atoms with E-state index in [2.05, 4.69) is 75.5 Å². The molecule has 1 atom stereocenters. The van der Waals surface area contributed by atoms with Crippen LogP contribution in [0, 0.1) is 0 Å². The van der Waals surface area contributed by atoms with Gasteiger partial charge in [-0.15, -0.1) is 0 Å². The van der Waals surface area contributed by atoms with Gasteiger partial charge in [0.05, 0.1) is 0 Å². The first-order chi connectivity index (χ1) is 39.5. The van der Waals surface area contributed by atoms with Crippen molar-refractivity contribution in [2.45, 2.75) is 380 Å². The molecule has 0 aliphatic rings. The highest BCUT2D eigenvalue weighted by Gasteiger charge is 2.19. The SMILES string of the molecule is CC/C=C\C/C=C\C/C=C\C/C=C\CCC(=O)OCC(COC(=O)CCCCCCCCCCCCCCCCCCCCC/C=C\CCCCCCCCCC)OC(=O)CCCCCCCCCCCCCCCCCCCC. The van der Waals surface area contributed by atoms with Gasteiger partial charge in [-0.25, -0.2) is 0 Å². The summed E-state index contributed by atoms with van der Waals surface area (Å²) in [5.74, 6) is -0.953. The molecule has 0 spiro atoms. The molecule has 466 valence electrons. The fourth-order valence-corrected chi connectivity index (χ4v) is 10.5.